The maximum atomic E-state index is 11.4. The van der Waals surface area contributed by atoms with E-state index in [0.717, 1.165) is 20.8 Å². The fourth-order valence-electron chi connectivity index (χ4n) is 1.62. The van der Waals surface area contributed by atoms with Gasteiger partial charge < -0.3 is 0 Å². The zero-order chi connectivity index (χ0) is 10.1. The smallest absolute Gasteiger partial charge is 0.116 e. The quantitative estimate of drug-likeness (QED) is 0.726. The van der Waals surface area contributed by atoms with Crippen molar-refractivity contribution >= 4 is 26.7 Å². The normalized spacial score (nSPS) is 13.1. The zero-order valence-electron chi connectivity index (χ0n) is 7.83. The first-order valence-corrected chi connectivity index (χ1v) is 5.32. The number of benzene rings is 2. The van der Waals surface area contributed by atoms with Crippen LogP contribution in [0.15, 0.2) is 40.9 Å². The Hall–Kier alpha value is -0.860. The predicted molar refractivity (Wildman–Crippen MR) is 60.7 cm³/mol. The van der Waals surface area contributed by atoms with Crippen LogP contribution in [-0.2, 0) is 5.11 Å². The van der Waals surface area contributed by atoms with Gasteiger partial charge in [-0.3, -0.25) is 0 Å². The summed E-state index contributed by atoms with van der Waals surface area (Å²) in [6.07, 6.45) is -0.673. The van der Waals surface area contributed by atoms with E-state index in [0.29, 0.717) is 0 Å². The Morgan fingerprint density at radius 3 is 2.71 bits per heavy atom. The van der Waals surface area contributed by atoms with Crippen LogP contribution in [-0.4, -0.2) is 0 Å². The van der Waals surface area contributed by atoms with Gasteiger partial charge in [-0.2, -0.15) is 0 Å². The molecular weight excluding hydrogens is 240 g/mol. The van der Waals surface area contributed by atoms with Gasteiger partial charge >= 0.3 is 0 Å². The Morgan fingerprint density at radius 2 is 2.00 bits per heavy atom. The number of hydrogen-bond acceptors (Lipinski definition) is 0. The minimum absolute atomic E-state index is 0.673. The summed E-state index contributed by atoms with van der Waals surface area (Å²) in [4.78, 5) is 0. The van der Waals surface area contributed by atoms with E-state index in [4.69, 9.17) is 0 Å². The second-order valence-electron chi connectivity index (χ2n) is 3.35. The van der Waals surface area contributed by atoms with Crippen molar-refractivity contribution in [1.29, 1.82) is 0 Å². The SMILES string of the molecule is CC([O])c1cccc2ccc(Br)cc12. The van der Waals surface area contributed by atoms with Crippen molar-refractivity contribution in [3.05, 3.63) is 46.4 Å². The minimum Gasteiger partial charge on any atom is -0.228 e. The van der Waals surface area contributed by atoms with E-state index in [1.165, 1.54) is 0 Å². The molecule has 0 aliphatic carbocycles. The molecule has 1 nitrogen and oxygen atoms in total. The van der Waals surface area contributed by atoms with Crippen molar-refractivity contribution in [1.82, 2.24) is 0 Å². The van der Waals surface area contributed by atoms with Crippen LogP contribution < -0.4 is 0 Å². The van der Waals surface area contributed by atoms with Gasteiger partial charge in [0.25, 0.3) is 0 Å². The Kier molecular flexibility index (Phi) is 2.57. The molecule has 0 aromatic heterocycles. The third-order valence-corrected chi connectivity index (χ3v) is 2.81. The Bertz CT molecular complexity index is 463. The lowest BCUT2D eigenvalue weighted by atomic mass is 10.0. The molecule has 2 aromatic carbocycles. The monoisotopic (exact) mass is 249 g/mol. The van der Waals surface area contributed by atoms with Gasteiger partial charge in [-0.05, 0) is 35.4 Å². The lowest BCUT2D eigenvalue weighted by Crippen LogP contribution is -1.90. The van der Waals surface area contributed by atoms with Gasteiger partial charge in [-0.15, -0.1) is 0 Å². The number of halogens is 1. The van der Waals surface area contributed by atoms with Crippen LogP contribution in [0.25, 0.3) is 10.8 Å². The van der Waals surface area contributed by atoms with Crippen LogP contribution in [0.1, 0.15) is 18.6 Å². The third-order valence-electron chi connectivity index (χ3n) is 2.32. The van der Waals surface area contributed by atoms with Gasteiger partial charge in [-0.25, -0.2) is 5.11 Å². The van der Waals surface area contributed by atoms with Crippen molar-refractivity contribution in [3.63, 3.8) is 0 Å². The molecule has 0 saturated heterocycles. The van der Waals surface area contributed by atoms with Crippen LogP contribution in [0.5, 0.6) is 0 Å². The molecule has 0 bridgehead atoms. The largest absolute Gasteiger partial charge is 0.228 e. The van der Waals surface area contributed by atoms with E-state index in [1.807, 2.05) is 36.4 Å². The summed E-state index contributed by atoms with van der Waals surface area (Å²) in [5, 5.41) is 13.6. The molecular formula is C12H10BrO. The predicted octanol–water partition coefficient (Wildman–Crippen LogP) is 4.09. The van der Waals surface area contributed by atoms with Crippen LogP contribution in [0.3, 0.4) is 0 Å². The van der Waals surface area contributed by atoms with Crippen molar-refractivity contribution in [3.8, 4) is 0 Å². The minimum atomic E-state index is -0.673. The van der Waals surface area contributed by atoms with Crippen LogP contribution >= 0.6 is 15.9 Å². The van der Waals surface area contributed by atoms with Crippen LogP contribution in [0.4, 0.5) is 0 Å². The molecule has 1 radical (unpaired) electrons. The molecule has 2 rings (SSSR count). The first kappa shape index (κ1) is 9.69. The first-order valence-electron chi connectivity index (χ1n) is 4.52. The van der Waals surface area contributed by atoms with E-state index < -0.39 is 6.10 Å². The van der Waals surface area contributed by atoms with Gasteiger partial charge in [0.1, 0.15) is 6.10 Å². The zero-order valence-corrected chi connectivity index (χ0v) is 9.41. The Balaban J connectivity index is 2.77. The first-order chi connectivity index (χ1) is 6.68. The topological polar surface area (TPSA) is 19.9 Å². The third kappa shape index (κ3) is 1.68. The van der Waals surface area contributed by atoms with Gasteiger partial charge in [0, 0.05) is 4.47 Å². The van der Waals surface area contributed by atoms with E-state index >= 15 is 0 Å². The molecule has 14 heavy (non-hydrogen) atoms. The Morgan fingerprint density at radius 1 is 1.21 bits per heavy atom. The highest BCUT2D eigenvalue weighted by Crippen LogP contribution is 2.27. The molecule has 0 fully saturated rings. The average molecular weight is 250 g/mol. The van der Waals surface area contributed by atoms with Crippen molar-refractivity contribution in [2.45, 2.75) is 13.0 Å². The molecule has 0 aliphatic rings. The standard InChI is InChI=1S/C12H10BrO/c1-8(14)11-4-2-3-9-5-6-10(13)7-12(9)11/h2-8H,1H3. The van der Waals surface area contributed by atoms with Crippen LogP contribution in [0.2, 0.25) is 0 Å². The Labute approximate surface area is 91.5 Å². The fraction of sp³-hybridized carbons (Fsp3) is 0.167. The molecule has 71 valence electrons. The second-order valence-corrected chi connectivity index (χ2v) is 4.27. The molecule has 2 heteroatoms. The summed E-state index contributed by atoms with van der Waals surface area (Å²) in [6, 6.07) is 11.9. The summed E-state index contributed by atoms with van der Waals surface area (Å²) in [5.74, 6) is 0. The van der Waals surface area contributed by atoms with E-state index in [1.54, 1.807) is 6.92 Å². The van der Waals surface area contributed by atoms with E-state index in [9.17, 15) is 5.11 Å². The summed E-state index contributed by atoms with van der Waals surface area (Å²) < 4.78 is 1.01. The molecule has 0 amide bonds. The van der Waals surface area contributed by atoms with E-state index in [2.05, 4.69) is 15.9 Å². The van der Waals surface area contributed by atoms with Crippen molar-refractivity contribution in [2.75, 3.05) is 0 Å². The number of rotatable bonds is 1. The average Bonchev–Trinajstić information content (AvgIpc) is 2.16. The summed E-state index contributed by atoms with van der Waals surface area (Å²) >= 11 is 3.41. The molecule has 1 atom stereocenters. The van der Waals surface area contributed by atoms with Crippen LogP contribution in [0, 0.1) is 0 Å². The molecule has 0 aliphatic heterocycles. The highest BCUT2D eigenvalue weighted by Gasteiger charge is 2.07. The number of hydrogen-bond donors (Lipinski definition) is 0. The molecule has 2 aromatic rings. The molecule has 0 N–H and O–H groups in total. The summed E-state index contributed by atoms with van der Waals surface area (Å²) in [7, 11) is 0. The van der Waals surface area contributed by atoms with Gasteiger partial charge in [0.15, 0.2) is 0 Å². The highest BCUT2D eigenvalue weighted by molar-refractivity contribution is 9.10. The van der Waals surface area contributed by atoms with Crippen molar-refractivity contribution in [2.24, 2.45) is 0 Å². The molecule has 1 unspecified atom stereocenters. The second kappa shape index (κ2) is 3.71. The molecule has 0 spiro atoms. The molecule has 0 saturated carbocycles. The maximum absolute atomic E-state index is 11.4. The maximum Gasteiger partial charge on any atom is 0.116 e. The fourth-order valence-corrected chi connectivity index (χ4v) is 1.98. The van der Waals surface area contributed by atoms with Gasteiger partial charge in [0.05, 0.1) is 0 Å². The summed E-state index contributed by atoms with van der Waals surface area (Å²) in [6.45, 7) is 1.68. The lowest BCUT2D eigenvalue weighted by molar-refractivity contribution is 0.107. The highest BCUT2D eigenvalue weighted by atomic mass is 79.9. The number of fused-ring (bicyclic) bond motifs is 1. The molecule has 0 heterocycles. The van der Waals surface area contributed by atoms with Gasteiger partial charge in [-0.1, -0.05) is 40.2 Å². The van der Waals surface area contributed by atoms with E-state index in [-0.39, 0.29) is 0 Å². The summed E-state index contributed by atoms with van der Waals surface area (Å²) in [5.41, 5.74) is 0.865. The van der Waals surface area contributed by atoms with Crippen molar-refractivity contribution < 1.29 is 5.11 Å². The lowest BCUT2D eigenvalue weighted by Gasteiger charge is -2.07. The van der Waals surface area contributed by atoms with Gasteiger partial charge in [0.2, 0.25) is 0 Å².